The Morgan fingerprint density at radius 1 is 0.909 bits per heavy atom. The first kappa shape index (κ1) is 24.0. The van der Waals surface area contributed by atoms with E-state index in [1.54, 1.807) is 6.07 Å². The molecule has 33 heavy (non-hydrogen) atoms. The van der Waals surface area contributed by atoms with E-state index in [-0.39, 0.29) is 34.7 Å². The molecule has 0 unspecified atom stereocenters. The Balaban J connectivity index is 1.89. The summed E-state index contributed by atoms with van der Waals surface area (Å²) in [7, 11) is 0. The number of carbonyl (C=O) groups excluding carboxylic acids is 2. The van der Waals surface area contributed by atoms with Crippen molar-refractivity contribution in [1.82, 2.24) is 0 Å². The molecule has 0 fully saturated rings. The predicted molar refractivity (Wildman–Crippen MR) is 125 cm³/mol. The van der Waals surface area contributed by atoms with E-state index in [0.29, 0.717) is 8.95 Å². The first-order valence-electron chi connectivity index (χ1n) is 9.14. The lowest BCUT2D eigenvalue weighted by molar-refractivity contribution is -0.385. The number of nitro benzene ring substituents is 2. The number of hydrogen-bond acceptors (Lipinski definition) is 7. The van der Waals surface area contributed by atoms with Crippen molar-refractivity contribution in [1.29, 1.82) is 0 Å². The Labute approximate surface area is 203 Å². The van der Waals surface area contributed by atoms with E-state index in [2.05, 4.69) is 37.2 Å². The molecular weight excluding hydrogens is 566 g/mol. The molecule has 0 aliphatic heterocycles. The smallest absolute Gasteiger partial charge is 0.350 e. The highest BCUT2D eigenvalue weighted by atomic mass is 79.9. The summed E-state index contributed by atoms with van der Waals surface area (Å²) in [5.41, 5.74) is -0.678. The van der Waals surface area contributed by atoms with Crippen molar-refractivity contribution in [2.75, 3.05) is 5.32 Å². The number of halogens is 2. The van der Waals surface area contributed by atoms with Crippen molar-refractivity contribution < 1.29 is 24.2 Å². The van der Waals surface area contributed by atoms with Crippen LogP contribution in [0.5, 0.6) is 5.75 Å². The van der Waals surface area contributed by atoms with Crippen molar-refractivity contribution in [3.63, 3.8) is 0 Å². The molecule has 0 radical (unpaired) electrons. The van der Waals surface area contributed by atoms with Gasteiger partial charge in [-0.25, -0.2) is 4.79 Å². The van der Waals surface area contributed by atoms with Crippen molar-refractivity contribution >= 4 is 60.8 Å². The topological polar surface area (TPSA) is 142 Å². The molecule has 0 aliphatic carbocycles. The highest BCUT2D eigenvalue weighted by Gasteiger charge is 2.24. The molecule has 0 aromatic heterocycles. The van der Waals surface area contributed by atoms with Crippen LogP contribution in [0.15, 0.2) is 69.6 Å². The van der Waals surface area contributed by atoms with E-state index >= 15 is 0 Å². The van der Waals surface area contributed by atoms with Crippen LogP contribution in [0.4, 0.5) is 17.1 Å². The highest BCUT2D eigenvalue weighted by molar-refractivity contribution is 9.11. The summed E-state index contributed by atoms with van der Waals surface area (Å²) in [5.74, 6) is -1.60. The summed E-state index contributed by atoms with van der Waals surface area (Å²) in [4.78, 5) is 46.4. The number of esters is 1. The second kappa shape index (κ2) is 10.3. The predicted octanol–water partition coefficient (Wildman–Crippen LogP) is 5.43. The number of nitro groups is 2. The highest BCUT2D eigenvalue weighted by Crippen LogP contribution is 2.35. The Morgan fingerprint density at radius 2 is 1.52 bits per heavy atom. The van der Waals surface area contributed by atoms with Gasteiger partial charge in [-0.05, 0) is 40.2 Å². The Bertz CT molecular complexity index is 1280. The number of anilines is 1. The van der Waals surface area contributed by atoms with E-state index in [0.717, 1.165) is 0 Å². The summed E-state index contributed by atoms with van der Waals surface area (Å²) in [5, 5.41) is 24.9. The molecule has 10 nitrogen and oxygen atoms in total. The quantitative estimate of drug-likeness (QED) is 0.170. The van der Waals surface area contributed by atoms with Crippen molar-refractivity contribution in [2.45, 2.75) is 6.42 Å². The number of amides is 1. The van der Waals surface area contributed by atoms with E-state index in [4.69, 9.17) is 4.74 Å². The van der Waals surface area contributed by atoms with E-state index in [1.165, 1.54) is 54.6 Å². The van der Waals surface area contributed by atoms with Gasteiger partial charge in [0.2, 0.25) is 5.91 Å². The van der Waals surface area contributed by atoms with Gasteiger partial charge in [-0.15, -0.1) is 0 Å². The number of benzene rings is 3. The minimum atomic E-state index is -0.981. The van der Waals surface area contributed by atoms with Gasteiger partial charge in [0.05, 0.1) is 20.7 Å². The maximum Gasteiger partial charge on any atom is 0.350 e. The van der Waals surface area contributed by atoms with E-state index < -0.39 is 27.4 Å². The summed E-state index contributed by atoms with van der Waals surface area (Å²) in [6, 6.07) is 14.1. The fourth-order valence-corrected chi connectivity index (χ4v) is 4.31. The Morgan fingerprint density at radius 3 is 2.18 bits per heavy atom. The normalized spacial score (nSPS) is 10.4. The lowest BCUT2D eigenvalue weighted by Gasteiger charge is -2.13. The number of ether oxygens (including phenoxy) is 1. The van der Waals surface area contributed by atoms with Gasteiger partial charge in [0.15, 0.2) is 0 Å². The van der Waals surface area contributed by atoms with Gasteiger partial charge in [0.25, 0.3) is 11.4 Å². The fourth-order valence-electron chi connectivity index (χ4n) is 2.92. The third-order valence-corrected chi connectivity index (χ3v) is 5.37. The Kier molecular flexibility index (Phi) is 7.51. The van der Waals surface area contributed by atoms with Crippen LogP contribution < -0.4 is 10.1 Å². The molecule has 0 saturated carbocycles. The molecule has 0 atom stereocenters. The minimum Gasteiger partial charge on any atom is -0.421 e. The third kappa shape index (κ3) is 5.79. The molecule has 3 rings (SSSR count). The van der Waals surface area contributed by atoms with Crippen molar-refractivity contribution in [3.8, 4) is 5.75 Å². The zero-order valence-corrected chi connectivity index (χ0v) is 19.7. The van der Waals surface area contributed by atoms with Crippen LogP contribution in [0, 0.1) is 20.2 Å². The van der Waals surface area contributed by atoms with Gasteiger partial charge in [0, 0.05) is 22.2 Å². The van der Waals surface area contributed by atoms with Crippen LogP contribution in [0.25, 0.3) is 0 Å². The van der Waals surface area contributed by atoms with Crippen LogP contribution in [0.3, 0.4) is 0 Å². The number of para-hydroxylation sites is 3. The van der Waals surface area contributed by atoms with Gasteiger partial charge in [-0.1, -0.05) is 40.2 Å². The molecule has 0 heterocycles. The van der Waals surface area contributed by atoms with Gasteiger partial charge >= 0.3 is 5.97 Å². The largest absolute Gasteiger partial charge is 0.421 e. The average molecular weight is 579 g/mol. The van der Waals surface area contributed by atoms with Crippen molar-refractivity contribution in [2.24, 2.45) is 0 Å². The number of carbonyl (C=O) groups is 2. The summed E-state index contributed by atoms with van der Waals surface area (Å²) >= 11 is 6.57. The van der Waals surface area contributed by atoms with Crippen LogP contribution in [-0.4, -0.2) is 21.7 Å². The molecule has 0 bridgehead atoms. The summed E-state index contributed by atoms with van der Waals surface area (Å²) in [6.45, 7) is 0. The molecule has 3 aromatic rings. The molecule has 3 aromatic carbocycles. The monoisotopic (exact) mass is 577 g/mol. The van der Waals surface area contributed by atoms with Crippen LogP contribution >= 0.6 is 31.9 Å². The van der Waals surface area contributed by atoms with Crippen LogP contribution in [0.2, 0.25) is 0 Å². The summed E-state index contributed by atoms with van der Waals surface area (Å²) in [6.07, 6.45) is -0.302. The van der Waals surface area contributed by atoms with Gasteiger partial charge in [0.1, 0.15) is 17.0 Å². The average Bonchev–Trinajstić information content (AvgIpc) is 2.76. The maximum absolute atomic E-state index is 12.7. The number of nitrogens with zero attached hydrogens (tertiary/aromatic N) is 2. The first-order chi connectivity index (χ1) is 15.7. The van der Waals surface area contributed by atoms with Crippen molar-refractivity contribution in [3.05, 3.63) is 101 Å². The molecule has 168 valence electrons. The molecule has 0 spiro atoms. The molecular formula is C21H13Br2N3O7. The molecule has 0 aliphatic rings. The van der Waals surface area contributed by atoms with E-state index in [9.17, 15) is 29.8 Å². The minimum absolute atomic E-state index is 0.0139. The zero-order chi connectivity index (χ0) is 24.1. The van der Waals surface area contributed by atoms with Crippen LogP contribution in [-0.2, 0) is 11.2 Å². The lowest BCUT2D eigenvalue weighted by Crippen LogP contribution is -2.17. The maximum atomic E-state index is 12.7. The summed E-state index contributed by atoms with van der Waals surface area (Å²) < 4.78 is 6.30. The first-order valence-corrected chi connectivity index (χ1v) is 10.7. The number of hydrogen-bond donors (Lipinski definition) is 1. The molecule has 0 saturated heterocycles. The Hall–Kier alpha value is -3.64. The third-order valence-electron chi connectivity index (χ3n) is 4.33. The van der Waals surface area contributed by atoms with Gasteiger partial charge < -0.3 is 10.1 Å². The van der Waals surface area contributed by atoms with E-state index in [1.807, 2.05) is 0 Å². The molecule has 1 N–H and O–H groups in total. The lowest BCUT2D eigenvalue weighted by atomic mass is 10.1. The number of nitrogens with one attached hydrogen (secondary N) is 1. The second-order valence-corrected chi connectivity index (χ2v) is 8.31. The SMILES string of the molecule is O=C(Cc1cc(Br)cc(Br)c1OC(=O)c1ccccc1[N+](=O)[O-])Nc1ccccc1[N+](=O)[O-]. The molecule has 12 heteroatoms. The number of rotatable bonds is 7. The second-order valence-electron chi connectivity index (χ2n) is 6.54. The van der Waals surface area contributed by atoms with Gasteiger partial charge in [-0.2, -0.15) is 0 Å². The fraction of sp³-hybridized carbons (Fsp3) is 0.0476. The van der Waals surface area contributed by atoms with Crippen LogP contribution in [0.1, 0.15) is 15.9 Å². The standard InChI is InChI=1S/C21H13Br2N3O7/c22-13-9-12(10-19(27)24-16-6-2-4-8-18(16)26(31)32)20(15(23)11-13)33-21(28)14-5-1-3-7-17(14)25(29)30/h1-9,11H,10H2,(H,24,27). The zero-order valence-electron chi connectivity index (χ0n) is 16.5. The molecule has 1 amide bonds. The van der Waals surface area contributed by atoms with Gasteiger partial charge in [-0.3, -0.25) is 25.0 Å².